The molecule has 0 aromatic carbocycles. The van der Waals surface area contributed by atoms with Crippen molar-refractivity contribution < 1.29 is 5.11 Å². The highest BCUT2D eigenvalue weighted by Gasteiger charge is 2.08. The van der Waals surface area contributed by atoms with Gasteiger partial charge in [0.05, 0.1) is 0 Å². The summed E-state index contributed by atoms with van der Waals surface area (Å²) in [5.74, 6) is 0.366. The third-order valence-electron chi connectivity index (χ3n) is 2.56. The molecule has 0 amide bonds. The molecule has 0 heterocycles. The molecule has 0 saturated heterocycles. The minimum absolute atomic E-state index is 0.272. The average molecular weight is 322 g/mol. The Morgan fingerprint density at radius 1 is 1.47 bits per heavy atom. The first-order valence-electron chi connectivity index (χ1n) is 5.78. The van der Waals surface area contributed by atoms with Crippen LogP contribution in [-0.2, 0) is 0 Å². The van der Waals surface area contributed by atoms with Crippen LogP contribution >= 0.6 is 22.6 Å². The van der Waals surface area contributed by atoms with E-state index in [-0.39, 0.29) is 6.61 Å². The van der Waals surface area contributed by atoms with Crippen molar-refractivity contribution in [1.82, 2.24) is 0 Å². The molecule has 0 aliphatic carbocycles. The number of hydrogen-bond acceptors (Lipinski definition) is 1. The van der Waals surface area contributed by atoms with Crippen molar-refractivity contribution in [2.75, 3.05) is 6.61 Å². The standard InChI is InChI=1S/C13H23IO/c1-3-5-6-8-12(10-14)9-13(11-15)7-4-2/h4,10,13,15H,2-3,5-9,11H2,1H3/b12-10-. The topological polar surface area (TPSA) is 20.2 Å². The summed E-state index contributed by atoms with van der Waals surface area (Å²) < 4.78 is 2.18. The van der Waals surface area contributed by atoms with Crippen LogP contribution in [0.4, 0.5) is 0 Å². The van der Waals surface area contributed by atoms with Crippen LogP contribution in [0.15, 0.2) is 22.3 Å². The lowest BCUT2D eigenvalue weighted by Crippen LogP contribution is -2.06. The fourth-order valence-electron chi connectivity index (χ4n) is 1.63. The molecule has 0 aromatic rings. The Kier molecular flexibility index (Phi) is 10.8. The van der Waals surface area contributed by atoms with Crippen molar-refractivity contribution in [3.8, 4) is 0 Å². The lowest BCUT2D eigenvalue weighted by atomic mass is 9.95. The minimum Gasteiger partial charge on any atom is -0.396 e. The molecule has 1 atom stereocenters. The maximum absolute atomic E-state index is 9.20. The number of hydrogen-bond donors (Lipinski definition) is 1. The van der Waals surface area contributed by atoms with Crippen molar-refractivity contribution in [1.29, 1.82) is 0 Å². The first kappa shape index (κ1) is 15.2. The van der Waals surface area contributed by atoms with Gasteiger partial charge in [0, 0.05) is 6.61 Å². The smallest absolute Gasteiger partial charge is 0.0465 e. The lowest BCUT2D eigenvalue weighted by Gasteiger charge is -2.14. The van der Waals surface area contributed by atoms with E-state index >= 15 is 0 Å². The zero-order chi connectivity index (χ0) is 11.5. The van der Waals surface area contributed by atoms with Gasteiger partial charge in [-0.05, 0) is 35.7 Å². The van der Waals surface area contributed by atoms with E-state index in [0.717, 1.165) is 12.8 Å². The van der Waals surface area contributed by atoms with Crippen LogP contribution < -0.4 is 0 Å². The zero-order valence-electron chi connectivity index (χ0n) is 9.71. The number of aliphatic hydroxyl groups excluding tert-OH is 1. The van der Waals surface area contributed by atoms with Gasteiger partial charge in [0.2, 0.25) is 0 Å². The second kappa shape index (κ2) is 10.7. The molecule has 0 spiro atoms. The van der Waals surface area contributed by atoms with E-state index in [4.69, 9.17) is 0 Å². The molecule has 1 N–H and O–H groups in total. The minimum atomic E-state index is 0.272. The van der Waals surface area contributed by atoms with Gasteiger partial charge in [-0.3, -0.25) is 0 Å². The maximum atomic E-state index is 9.20. The first-order chi connectivity index (χ1) is 7.28. The molecule has 0 bridgehead atoms. The monoisotopic (exact) mass is 322 g/mol. The molecule has 0 radical (unpaired) electrons. The van der Waals surface area contributed by atoms with Gasteiger partial charge in [0.25, 0.3) is 0 Å². The molecular weight excluding hydrogens is 299 g/mol. The van der Waals surface area contributed by atoms with Gasteiger partial charge < -0.3 is 5.11 Å². The van der Waals surface area contributed by atoms with Crippen molar-refractivity contribution in [2.45, 2.75) is 45.4 Å². The molecule has 1 nitrogen and oxygen atoms in total. The van der Waals surface area contributed by atoms with Gasteiger partial charge in [-0.1, -0.05) is 54.0 Å². The zero-order valence-corrected chi connectivity index (χ0v) is 11.9. The van der Waals surface area contributed by atoms with Gasteiger partial charge in [-0.15, -0.1) is 6.58 Å². The molecule has 88 valence electrons. The molecule has 0 rings (SSSR count). The van der Waals surface area contributed by atoms with Crippen molar-refractivity contribution in [2.24, 2.45) is 5.92 Å². The third kappa shape index (κ3) is 8.03. The Labute approximate surface area is 108 Å². The fourth-order valence-corrected chi connectivity index (χ4v) is 2.20. The highest BCUT2D eigenvalue weighted by atomic mass is 127. The molecule has 15 heavy (non-hydrogen) atoms. The summed E-state index contributed by atoms with van der Waals surface area (Å²) in [5.41, 5.74) is 1.48. The summed E-state index contributed by atoms with van der Waals surface area (Å²) in [4.78, 5) is 0. The Hall–Kier alpha value is 0.170. The van der Waals surface area contributed by atoms with Crippen LogP contribution in [0.5, 0.6) is 0 Å². The summed E-state index contributed by atoms with van der Waals surface area (Å²) in [6.07, 6.45) is 8.87. The summed E-state index contributed by atoms with van der Waals surface area (Å²) in [6, 6.07) is 0. The largest absolute Gasteiger partial charge is 0.396 e. The van der Waals surface area contributed by atoms with Crippen LogP contribution in [0.25, 0.3) is 0 Å². The van der Waals surface area contributed by atoms with Gasteiger partial charge in [0.1, 0.15) is 0 Å². The van der Waals surface area contributed by atoms with Crippen LogP contribution in [0.1, 0.15) is 45.4 Å². The number of unbranched alkanes of at least 4 members (excludes halogenated alkanes) is 2. The molecular formula is C13H23IO. The normalized spacial score (nSPS) is 13.9. The number of halogens is 1. The Morgan fingerprint density at radius 3 is 2.67 bits per heavy atom. The predicted octanol–water partition coefficient (Wildman–Crippen LogP) is 4.46. The van der Waals surface area contributed by atoms with E-state index in [0.29, 0.717) is 5.92 Å². The third-order valence-corrected chi connectivity index (χ3v) is 3.45. The van der Waals surface area contributed by atoms with Crippen LogP contribution in [-0.4, -0.2) is 11.7 Å². The second-order valence-corrected chi connectivity index (χ2v) is 4.62. The summed E-state index contributed by atoms with van der Waals surface area (Å²) in [6.45, 7) is 6.22. The SMILES string of the molecule is C=CCC(CO)C/C(=C\I)CCCCC. The number of allylic oxidation sites excluding steroid dienone is 2. The number of aliphatic hydroxyl groups is 1. The Balaban J connectivity index is 3.90. The highest BCUT2D eigenvalue weighted by Crippen LogP contribution is 2.21. The summed E-state index contributed by atoms with van der Waals surface area (Å²) >= 11 is 2.31. The van der Waals surface area contributed by atoms with Crippen LogP contribution in [0.3, 0.4) is 0 Å². The summed E-state index contributed by atoms with van der Waals surface area (Å²) in [7, 11) is 0. The van der Waals surface area contributed by atoms with Crippen LogP contribution in [0.2, 0.25) is 0 Å². The molecule has 0 aliphatic heterocycles. The first-order valence-corrected chi connectivity index (χ1v) is 7.02. The van der Waals surface area contributed by atoms with Gasteiger partial charge in [-0.25, -0.2) is 0 Å². The molecule has 0 aromatic heterocycles. The van der Waals surface area contributed by atoms with Crippen molar-refractivity contribution >= 4 is 22.6 Å². The van der Waals surface area contributed by atoms with E-state index in [9.17, 15) is 5.11 Å². The van der Waals surface area contributed by atoms with Gasteiger partial charge in [0.15, 0.2) is 0 Å². The predicted molar refractivity (Wildman–Crippen MR) is 76.3 cm³/mol. The van der Waals surface area contributed by atoms with E-state index in [1.807, 2.05) is 6.08 Å². The van der Waals surface area contributed by atoms with E-state index in [1.54, 1.807) is 0 Å². The lowest BCUT2D eigenvalue weighted by molar-refractivity contribution is 0.226. The maximum Gasteiger partial charge on any atom is 0.0465 e. The van der Waals surface area contributed by atoms with Gasteiger partial charge in [-0.2, -0.15) is 0 Å². The van der Waals surface area contributed by atoms with Crippen molar-refractivity contribution in [3.05, 3.63) is 22.3 Å². The second-order valence-electron chi connectivity index (χ2n) is 4.00. The molecule has 2 heteroatoms. The van der Waals surface area contributed by atoms with Crippen molar-refractivity contribution in [3.63, 3.8) is 0 Å². The fraction of sp³-hybridized carbons (Fsp3) is 0.692. The average Bonchev–Trinajstić information content (AvgIpc) is 2.26. The molecule has 1 unspecified atom stereocenters. The van der Waals surface area contributed by atoms with E-state index in [2.05, 4.69) is 40.2 Å². The molecule has 0 fully saturated rings. The molecule has 0 saturated carbocycles. The van der Waals surface area contributed by atoms with Gasteiger partial charge >= 0.3 is 0 Å². The van der Waals surface area contributed by atoms with E-state index in [1.165, 1.54) is 31.3 Å². The highest BCUT2D eigenvalue weighted by molar-refractivity contribution is 14.1. The Bertz CT molecular complexity index is 187. The van der Waals surface area contributed by atoms with E-state index < -0.39 is 0 Å². The number of rotatable bonds is 9. The molecule has 0 aliphatic rings. The van der Waals surface area contributed by atoms with Crippen LogP contribution in [0, 0.1) is 5.92 Å². The summed E-state index contributed by atoms with van der Waals surface area (Å²) in [5, 5.41) is 9.20. The quantitative estimate of drug-likeness (QED) is 0.377. The Morgan fingerprint density at radius 2 is 2.20 bits per heavy atom.